The van der Waals surface area contributed by atoms with Crippen molar-refractivity contribution in [1.29, 1.82) is 0 Å². The number of hydrogen-bond acceptors (Lipinski definition) is 2. The molecule has 0 aliphatic heterocycles. The summed E-state index contributed by atoms with van der Waals surface area (Å²) in [6, 6.07) is 13.3. The lowest BCUT2D eigenvalue weighted by Crippen LogP contribution is -2.14. The summed E-state index contributed by atoms with van der Waals surface area (Å²) in [5, 5.41) is 2.39. The molecule has 0 bridgehead atoms. The molecule has 0 aliphatic carbocycles. The van der Waals surface area contributed by atoms with Crippen LogP contribution in [0.5, 0.6) is 0 Å². The molecule has 152 valence electrons. The van der Waals surface area contributed by atoms with Gasteiger partial charge in [-0.1, -0.05) is 24.3 Å². The molecule has 2 aromatic heterocycles. The van der Waals surface area contributed by atoms with Gasteiger partial charge in [0, 0.05) is 17.4 Å². The molecule has 0 unspecified atom stereocenters. The number of nitrogens with zero attached hydrogens (tertiary/aromatic N) is 2. The molecule has 0 aliphatic rings. The van der Waals surface area contributed by atoms with Crippen molar-refractivity contribution in [2.24, 2.45) is 0 Å². The summed E-state index contributed by atoms with van der Waals surface area (Å²) in [6.45, 7) is 0. The average molecular weight is 417 g/mol. The zero-order valence-corrected chi connectivity index (χ0v) is 15.0. The van der Waals surface area contributed by atoms with Crippen LogP contribution in [0.4, 0.5) is 27.6 Å². The number of anilines is 1. The number of pyridine rings is 1. The normalized spacial score (nSPS) is 11.6. The van der Waals surface area contributed by atoms with Crippen LogP contribution in [-0.4, -0.2) is 15.3 Å². The molecule has 9 heteroatoms. The van der Waals surface area contributed by atoms with E-state index in [0.717, 1.165) is 12.1 Å². The topological polar surface area (TPSA) is 46.4 Å². The quantitative estimate of drug-likeness (QED) is 0.444. The number of benzene rings is 2. The lowest BCUT2D eigenvalue weighted by molar-refractivity contribution is -0.140. The third-order valence-corrected chi connectivity index (χ3v) is 4.41. The van der Waals surface area contributed by atoms with E-state index in [1.807, 2.05) is 0 Å². The molecule has 30 heavy (non-hydrogen) atoms. The number of carbonyl (C=O) groups is 1. The first kappa shape index (κ1) is 19.6. The van der Waals surface area contributed by atoms with E-state index in [1.165, 1.54) is 47.0 Å². The van der Waals surface area contributed by atoms with Gasteiger partial charge < -0.3 is 5.32 Å². The van der Waals surface area contributed by atoms with E-state index in [-0.39, 0.29) is 22.6 Å². The molecule has 1 amide bonds. The van der Waals surface area contributed by atoms with E-state index in [4.69, 9.17) is 0 Å². The van der Waals surface area contributed by atoms with Crippen LogP contribution in [0.25, 0.3) is 16.9 Å². The first-order chi connectivity index (χ1) is 14.3. The van der Waals surface area contributed by atoms with Gasteiger partial charge in [-0.2, -0.15) is 13.2 Å². The first-order valence-electron chi connectivity index (χ1n) is 8.66. The molecule has 4 aromatic rings. The van der Waals surface area contributed by atoms with E-state index in [0.29, 0.717) is 0 Å². The fourth-order valence-corrected chi connectivity index (χ4v) is 3.06. The number of halogens is 5. The lowest BCUT2D eigenvalue weighted by atomic mass is 10.1. The van der Waals surface area contributed by atoms with E-state index >= 15 is 0 Å². The summed E-state index contributed by atoms with van der Waals surface area (Å²) in [5.41, 5.74) is -1.11. The number of rotatable bonds is 3. The van der Waals surface area contributed by atoms with Gasteiger partial charge in [-0.15, -0.1) is 0 Å². The number of carbonyl (C=O) groups excluding carboxylic acids is 1. The van der Waals surface area contributed by atoms with Gasteiger partial charge in [-0.05, 0) is 36.4 Å². The third kappa shape index (κ3) is 3.49. The molecule has 1 N–H and O–H groups in total. The number of amides is 1. The highest BCUT2D eigenvalue weighted by atomic mass is 19.4. The van der Waals surface area contributed by atoms with Gasteiger partial charge in [0.1, 0.15) is 5.65 Å². The maximum Gasteiger partial charge on any atom is 0.435 e. The summed E-state index contributed by atoms with van der Waals surface area (Å²) < 4.78 is 68.8. The minimum atomic E-state index is -4.66. The SMILES string of the molecule is O=C(Nc1ccc(-c2c(C(F)(F)F)nc3ccccn23)cc1)c1cccc(F)c1F. The summed E-state index contributed by atoms with van der Waals surface area (Å²) in [4.78, 5) is 15.9. The predicted octanol–water partition coefficient (Wildman–Crippen LogP) is 5.55. The van der Waals surface area contributed by atoms with E-state index in [1.54, 1.807) is 12.1 Å². The monoisotopic (exact) mass is 417 g/mol. The van der Waals surface area contributed by atoms with E-state index in [2.05, 4.69) is 10.3 Å². The van der Waals surface area contributed by atoms with Crippen molar-refractivity contribution in [3.63, 3.8) is 0 Å². The Bertz CT molecular complexity index is 1250. The van der Waals surface area contributed by atoms with Crippen LogP contribution in [0.15, 0.2) is 66.9 Å². The van der Waals surface area contributed by atoms with Crippen LogP contribution in [-0.2, 0) is 6.18 Å². The molecule has 0 fully saturated rings. The largest absolute Gasteiger partial charge is 0.435 e. The minimum Gasteiger partial charge on any atom is -0.322 e. The molecule has 0 saturated carbocycles. The van der Waals surface area contributed by atoms with Crippen molar-refractivity contribution in [2.45, 2.75) is 6.18 Å². The van der Waals surface area contributed by atoms with Crippen molar-refractivity contribution in [2.75, 3.05) is 5.32 Å². The molecule has 0 spiro atoms. The van der Waals surface area contributed by atoms with Crippen molar-refractivity contribution >= 4 is 17.2 Å². The Morgan fingerprint density at radius 3 is 2.37 bits per heavy atom. The second-order valence-electron chi connectivity index (χ2n) is 6.37. The van der Waals surface area contributed by atoms with E-state index < -0.39 is 35.0 Å². The summed E-state index contributed by atoms with van der Waals surface area (Å²) in [6.07, 6.45) is -3.20. The summed E-state index contributed by atoms with van der Waals surface area (Å²) in [5.74, 6) is -3.33. The Morgan fingerprint density at radius 1 is 0.933 bits per heavy atom. The van der Waals surface area contributed by atoms with Crippen molar-refractivity contribution in [1.82, 2.24) is 9.38 Å². The van der Waals surface area contributed by atoms with Crippen LogP contribution in [0.1, 0.15) is 16.1 Å². The van der Waals surface area contributed by atoms with E-state index in [9.17, 15) is 26.7 Å². The van der Waals surface area contributed by atoms with Crippen LogP contribution in [0, 0.1) is 11.6 Å². The van der Waals surface area contributed by atoms with Gasteiger partial charge in [-0.3, -0.25) is 9.20 Å². The molecular weight excluding hydrogens is 405 g/mol. The van der Waals surface area contributed by atoms with Crippen LogP contribution < -0.4 is 5.32 Å². The molecular formula is C21H12F5N3O. The van der Waals surface area contributed by atoms with Crippen LogP contribution in [0.2, 0.25) is 0 Å². The number of imidazole rings is 1. The Balaban J connectivity index is 1.68. The molecule has 0 radical (unpaired) electrons. The van der Waals surface area contributed by atoms with Gasteiger partial charge in [0.15, 0.2) is 17.3 Å². The number of hydrogen-bond donors (Lipinski definition) is 1. The molecule has 0 saturated heterocycles. The van der Waals surface area contributed by atoms with Gasteiger partial charge in [0.25, 0.3) is 5.91 Å². The molecule has 4 rings (SSSR count). The Labute approximate surface area is 166 Å². The maximum absolute atomic E-state index is 13.8. The zero-order valence-electron chi connectivity index (χ0n) is 15.0. The van der Waals surface area contributed by atoms with Gasteiger partial charge in [0.2, 0.25) is 0 Å². The van der Waals surface area contributed by atoms with Crippen molar-refractivity contribution < 1.29 is 26.7 Å². The number of fused-ring (bicyclic) bond motifs is 1. The second kappa shape index (κ2) is 7.25. The van der Waals surface area contributed by atoms with Gasteiger partial charge in [-0.25, -0.2) is 13.8 Å². The first-order valence-corrected chi connectivity index (χ1v) is 8.66. The Morgan fingerprint density at radius 2 is 1.67 bits per heavy atom. The number of aromatic nitrogens is 2. The van der Waals surface area contributed by atoms with Crippen LogP contribution >= 0.6 is 0 Å². The highest BCUT2D eigenvalue weighted by Crippen LogP contribution is 2.37. The Hall–Kier alpha value is -3.75. The average Bonchev–Trinajstić information content (AvgIpc) is 3.11. The molecule has 0 atom stereocenters. The van der Waals surface area contributed by atoms with Crippen molar-refractivity contribution in [3.05, 3.63) is 89.8 Å². The molecule has 4 nitrogen and oxygen atoms in total. The summed E-state index contributed by atoms with van der Waals surface area (Å²) >= 11 is 0. The molecule has 2 heterocycles. The molecule has 2 aromatic carbocycles. The Kier molecular flexibility index (Phi) is 4.73. The lowest BCUT2D eigenvalue weighted by Gasteiger charge is -2.10. The van der Waals surface area contributed by atoms with Gasteiger partial charge >= 0.3 is 6.18 Å². The smallest absolute Gasteiger partial charge is 0.322 e. The fourth-order valence-electron chi connectivity index (χ4n) is 3.06. The number of nitrogens with one attached hydrogen (secondary N) is 1. The number of alkyl halides is 3. The highest BCUT2D eigenvalue weighted by Gasteiger charge is 2.38. The standard InChI is InChI=1S/C21H12F5N3O/c22-15-5-3-4-14(17(15)23)20(30)27-13-9-7-12(8-10-13)18-19(21(24,25)26)28-16-6-1-2-11-29(16)18/h1-11H,(H,27,30). The minimum absolute atomic E-state index is 0.138. The van der Waals surface area contributed by atoms with Crippen LogP contribution in [0.3, 0.4) is 0 Å². The zero-order chi connectivity index (χ0) is 21.5. The third-order valence-electron chi connectivity index (χ3n) is 4.41. The second-order valence-corrected chi connectivity index (χ2v) is 6.37. The highest BCUT2D eigenvalue weighted by molar-refractivity contribution is 6.04. The van der Waals surface area contributed by atoms with Gasteiger partial charge in [0.05, 0.1) is 11.3 Å². The predicted molar refractivity (Wildman–Crippen MR) is 99.9 cm³/mol. The fraction of sp³-hybridized carbons (Fsp3) is 0.0476. The summed E-state index contributed by atoms with van der Waals surface area (Å²) in [7, 11) is 0. The van der Waals surface area contributed by atoms with Crippen molar-refractivity contribution in [3.8, 4) is 11.3 Å². The maximum atomic E-state index is 13.8.